The maximum Gasteiger partial charge on any atom is 0.320 e. The van der Waals surface area contributed by atoms with Gasteiger partial charge in [0.2, 0.25) is 5.91 Å². The van der Waals surface area contributed by atoms with Gasteiger partial charge in [0.05, 0.1) is 24.5 Å². The van der Waals surface area contributed by atoms with Crippen LogP contribution in [-0.4, -0.2) is 111 Å². The number of amides is 1. The van der Waals surface area contributed by atoms with Crippen molar-refractivity contribution < 1.29 is 34.5 Å². The number of carbonyl (C=O) groups excluding carboxylic acids is 1. The molecule has 1 unspecified atom stereocenters. The maximum absolute atomic E-state index is 12.2. The van der Waals surface area contributed by atoms with Gasteiger partial charge in [0.1, 0.15) is 6.04 Å². The van der Waals surface area contributed by atoms with Crippen LogP contribution in [0.25, 0.3) is 0 Å². The van der Waals surface area contributed by atoms with Crippen LogP contribution in [0.15, 0.2) is 18.2 Å². The molecule has 2 rings (SSSR count). The van der Waals surface area contributed by atoms with Crippen LogP contribution in [-0.2, 0) is 32.3 Å². The Morgan fingerprint density at radius 1 is 0.943 bits per heavy atom. The number of fused-ring (bicyclic) bond motifs is 2. The summed E-state index contributed by atoms with van der Waals surface area (Å²) in [5, 5.41) is 31.3. The molecule has 0 saturated carbocycles. The molecule has 1 aliphatic rings. The predicted octanol–water partition coefficient (Wildman–Crippen LogP) is -0.0700. The standard InChI is InChI=1S/C23H35N5O7/c1-2-8-24-20(29)7-6-19(23(34)35)28-12-11-26(15-21(30)31)9-10-27(16-22(32)33)13-17-4-3-5-18(14-28)25-17/h3-5,19H,2,6-16H2,1H3,(H,24,29)(H,30,31)(H,32,33)(H,34,35). The van der Waals surface area contributed by atoms with E-state index in [0.29, 0.717) is 31.0 Å². The molecular formula is C23H35N5O7. The van der Waals surface area contributed by atoms with Gasteiger partial charge >= 0.3 is 17.9 Å². The lowest BCUT2D eigenvalue weighted by molar-refractivity contribution is -0.145. The highest BCUT2D eigenvalue weighted by Gasteiger charge is 2.28. The number of pyridine rings is 1. The molecule has 2 heterocycles. The van der Waals surface area contributed by atoms with Gasteiger partial charge in [-0.1, -0.05) is 13.0 Å². The zero-order valence-corrected chi connectivity index (χ0v) is 20.1. The number of aliphatic carboxylic acids is 3. The molecule has 35 heavy (non-hydrogen) atoms. The highest BCUT2D eigenvalue weighted by atomic mass is 16.4. The molecule has 194 valence electrons. The lowest BCUT2D eigenvalue weighted by Crippen LogP contribution is -2.47. The van der Waals surface area contributed by atoms with E-state index in [1.54, 1.807) is 32.9 Å². The Hall–Kier alpha value is -3.09. The van der Waals surface area contributed by atoms with Crippen molar-refractivity contribution in [1.29, 1.82) is 0 Å². The Morgan fingerprint density at radius 3 is 2.17 bits per heavy atom. The number of hydrogen-bond acceptors (Lipinski definition) is 8. The van der Waals surface area contributed by atoms with E-state index in [2.05, 4.69) is 10.3 Å². The fourth-order valence-corrected chi connectivity index (χ4v) is 3.99. The molecule has 1 aromatic rings. The monoisotopic (exact) mass is 493 g/mol. The lowest BCUT2D eigenvalue weighted by Gasteiger charge is -2.32. The van der Waals surface area contributed by atoms with Gasteiger partial charge in [-0.15, -0.1) is 0 Å². The average Bonchev–Trinajstić information content (AvgIpc) is 2.77. The third-order valence-electron chi connectivity index (χ3n) is 5.71. The van der Waals surface area contributed by atoms with E-state index in [-0.39, 0.29) is 58.0 Å². The molecule has 0 spiro atoms. The van der Waals surface area contributed by atoms with Crippen molar-refractivity contribution >= 4 is 23.8 Å². The van der Waals surface area contributed by atoms with E-state index >= 15 is 0 Å². The molecular weight excluding hydrogens is 458 g/mol. The number of rotatable bonds is 11. The number of nitrogens with one attached hydrogen (secondary N) is 1. The minimum atomic E-state index is -1.06. The Labute approximate surface area is 204 Å². The summed E-state index contributed by atoms with van der Waals surface area (Å²) in [5.74, 6) is -3.29. The largest absolute Gasteiger partial charge is 0.480 e. The topological polar surface area (TPSA) is 164 Å². The Balaban J connectivity index is 2.29. The third kappa shape index (κ3) is 10.4. The molecule has 1 aliphatic heterocycles. The molecule has 0 saturated heterocycles. The molecule has 12 nitrogen and oxygen atoms in total. The summed E-state index contributed by atoms with van der Waals surface area (Å²) in [7, 11) is 0. The van der Waals surface area contributed by atoms with E-state index in [0.717, 1.165) is 6.42 Å². The van der Waals surface area contributed by atoms with Crippen LogP contribution in [0.2, 0.25) is 0 Å². The lowest BCUT2D eigenvalue weighted by atomic mass is 10.1. The zero-order valence-electron chi connectivity index (χ0n) is 20.1. The van der Waals surface area contributed by atoms with Crippen molar-refractivity contribution in [2.45, 2.75) is 45.3 Å². The van der Waals surface area contributed by atoms with Crippen LogP contribution >= 0.6 is 0 Å². The fourth-order valence-electron chi connectivity index (χ4n) is 3.99. The first kappa shape index (κ1) is 28.1. The van der Waals surface area contributed by atoms with Crippen molar-refractivity contribution in [3.8, 4) is 0 Å². The van der Waals surface area contributed by atoms with Gasteiger partial charge in [0.15, 0.2) is 0 Å². The molecule has 12 heteroatoms. The van der Waals surface area contributed by atoms with Crippen molar-refractivity contribution in [3.63, 3.8) is 0 Å². The summed E-state index contributed by atoms with van der Waals surface area (Å²) in [6.07, 6.45) is 0.950. The normalized spacial score (nSPS) is 17.1. The second-order valence-corrected chi connectivity index (χ2v) is 8.61. The minimum Gasteiger partial charge on any atom is -0.480 e. The molecule has 0 fully saturated rings. The maximum atomic E-state index is 12.2. The van der Waals surface area contributed by atoms with Crippen LogP contribution in [0.1, 0.15) is 37.6 Å². The number of nitrogens with zero attached hydrogens (tertiary/aromatic N) is 4. The van der Waals surface area contributed by atoms with Crippen LogP contribution in [0.5, 0.6) is 0 Å². The van der Waals surface area contributed by atoms with Gasteiger partial charge in [-0.05, 0) is 25.0 Å². The second kappa shape index (κ2) is 14.3. The minimum absolute atomic E-state index is 0.0594. The van der Waals surface area contributed by atoms with Crippen molar-refractivity contribution in [1.82, 2.24) is 25.0 Å². The summed E-state index contributed by atoms with van der Waals surface area (Å²) in [6.45, 7) is 3.57. The van der Waals surface area contributed by atoms with Gasteiger partial charge in [0.25, 0.3) is 0 Å². The molecule has 1 atom stereocenters. The quantitative estimate of drug-likeness (QED) is 0.326. The average molecular weight is 494 g/mol. The summed E-state index contributed by atoms with van der Waals surface area (Å²) in [5.41, 5.74) is 1.25. The number of carbonyl (C=O) groups is 4. The molecule has 1 amide bonds. The van der Waals surface area contributed by atoms with Crippen LogP contribution in [0, 0.1) is 0 Å². The molecule has 2 bridgehead atoms. The van der Waals surface area contributed by atoms with Crippen LogP contribution in [0.4, 0.5) is 0 Å². The summed E-state index contributed by atoms with van der Waals surface area (Å²) in [6, 6.07) is 4.39. The van der Waals surface area contributed by atoms with Gasteiger partial charge in [-0.2, -0.15) is 0 Å². The molecule has 4 N–H and O–H groups in total. The van der Waals surface area contributed by atoms with E-state index < -0.39 is 23.9 Å². The van der Waals surface area contributed by atoms with Crippen LogP contribution in [0.3, 0.4) is 0 Å². The van der Waals surface area contributed by atoms with Crippen molar-refractivity contribution in [3.05, 3.63) is 29.6 Å². The molecule has 0 radical (unpaired) electrons. The first-order chi connectivity index (χ1) is 16.7. The van der Waals surface area contributed by atoms with Crippen molar-refractivity contribution in [2.75, 3.05) is 45.8 Å². The van der Waals surface area contributed by atoms with Gasteiger partial charge in [-0.3, -0.25) is 38.9 Å². The Bertz CT molecular complexity index is 882. The molecule has 0 aliphatic carbocycles. The van der Waals surface area contributed by atoms with E-state index in [1.807, 2.05) is 6.92 Å². The van der Waals surface area contributed by atoms with Crippen LogP contribution < -0.4 is 5.32 Å². The summed E-state index contributed by atoms with van der Waals surface area (Å²) >= 11 is 0. The summed E-state index contributed by atoms with van der Waals surface area (Å²) < 4.78 is 0. The van der Waals surface area contributed by atoms with Gasteiger partial charge < -0.3 is 20.6 Å². The smallest absolute Gasteiger partial charge is 0.320 e. The number of carboxylic acids is 3. The van der Waals surface area contributed by atoms with E-state index in [1.165, 1.54) is 0 Å². The number of carboxylic acid groups (broad SMARTS) is 3. The fraction of sp³-hybridized carbons (Fsp3) is 0.609. The molecule has 1 aromatic heterocycles. The SMILES string of the molecule is CCCNC(=O)CCC(C(=O)O)N1CCN(CC(=O)O)CCN(CC(=O)O)Cc2cccc(n2)C1. The Kier molecular flexibility index (Phi) is 11.5. The number of aromatic nitrogens is 1. The highest BCUT2D eigenvalue weighted by molar-refractivity contribution is 5.78. The Morgan fingerprint density at radius 2 is 1.54 bits per heavy atom. The predicted molar refractivity (Wildman–Crippen MR) is 126 cm³/mol. The summed E-state index contributed by atoms with van der Waals surface area (Å²) in [4.78, 5) is 56.7. The molecule has 0 aromatic carbocycles. The van der Waals surface area contributed by atoms with Gasteiger partial charge in [-0.25, -0.2) is 0 Å². The third-order valence-corrected chi connectivity index (χ3v) is 5.71. The van der Waals surface area contributed by atoms with Crippen molar-refractivity contribution in [2.24, 2.45) is 0 Å². The second-order valence-electron chi connectivity index (χ2n) is 8.61. The van der Waals surface area contributed by atoms with E-state index in [9.17, 15) is 34.5 Å². The van der Waals surface area contributed by atoms with E-state index in [4.69, 9.17) is 0 Å². The number of hydrogen-bond donors (Lipinski definition) is 4. The first-order valence-corrected chi connectivity index (χ1v) is 11.7. The highest BCUT2D eigenvalue weighted by Crippen LogP contribution is 2.15. The van der Waals surface area contributed by atoms with Gasteiger partial charge in [0, 0.05) is 52.2 Å². The zero-order chi connectivity index (χ0) is 25.8. The first-order valence-electron chi connectivity index (χ1n) is 11.7.